The standard InChI is InChI=1S/C10H12O3S/c11-8-10(12)14-7-6-13-9-4-2-1-3-5-9/h1-5,11H,6-8H2. The van der Waals surface area contributed by atoms with Crippen LogP contribution in [0.1, 0.15) is 0 Å². The maximum atomic E-state index is 10.7. The predicted octanol–water partition coefficient (Wildman–Crippen LogP) is 1.32. The van der Waals surface area contributed by atoms with Crippen molar-refractivity contribution in [1.29, 1.82) is 0 Å². The number of thioether (sulfide) groups is 1. The zero-order chi connectivity index (χ0) is 10.2. The Morgan fingerprint density at radius 3 is 2.71 bits per heavy atom. The van der Waals surface area contributed by atoms with Crippen LogP contribution >= 0.6 is 11.8 Å². The minimum absolute atomic E-state index is 0.221. The average Bonchev–Trinajstić information content (AvgIpc) is 2.25. The number of ether oxygens (including phenoxy) is 1. The Balaban J connectivity index is 2.13. The van der Waals surface area contributed by atoms with E-state index in [0.29, 0.717) is 12.4 Å². The molecule has 0 spiro atoms. The summed E-state index contributed by atoms with van der Waals surface area (Å²) >= 11 is 1.08. The molecule has 1 aromatic rings. The summed E-state index contributed by atoms with van der Waals surface area (Å²) in [5, 5.41) is 8.22. The molecule has 76 valence electrons. The number of benzene rings is 1. The van der Waals surface area contributed by atoms with E-state index in [4.69, 9.17) is 9.84 Å². The van der Waals surface area contributed by atoms with Crippen LogP contribution in [0.3, 0.4) is 0 Å². The molecule has 0 amide bonds. The number of carbonyl (C=O) groups is 1. The van der Waals surface area contributed by atoms with Crippen molar-refractivity contribution in [2.45, 2.75) is 0 Å². The summed E-state index contributed by atoms with van der Waals surface area (Å²) < 4.78 is 5.35. The second-order valence-electron chi connectivity index (χ2n) is 2.54. The molecule has 0 saturated heterocycles. The van der Waals surface area contributed by atoms with Crippen LogP contribution in [0.5, 0.6) is 5.75 Å². The van der Waals surface area contributed by atoms with Gasteiger partial charge in [0.05, 0.1) is 6.61 Å². The van der Waals surface area contributed by atoms with E-state index in [2.05, 4.69) is 0 Å². The van der Waals surface area contributed by atoms with Gasteiger partial charge in [-0.15, -0.1) is 0 Å². The van der Waals surface area contributed by atoms with Crippen molar-refractivity contribution >= 4 is 16.9 Å². The van der Waals surface area contributed by atoms with Crippen molar-refractivity contribution in [2.75, 3.05) is 19.0 Å². The molecule has 14 heavy (non-hydrogen) atoms. The fraction of sp³-hybridized carbons (Fsp3) is 0.300. The largest absolute Gasteiger partial charge is 0.493 e. The lowest BCUT2D eigenvalue weighted by atomic mass is 10.3. The minimum atomic E-state index is -0.407. The summed E-state index contributed by atoms with van der Waals surface area (Å²) in [5.41, 5.74) is 0. The van der Waals surface area contributed by atoms with Crippen molar-refractivity contribution < 1.29 is 14.6 Å². The molecule has 0 atom stereocenters. The SMILES string of the molecule is O=C(CO)SCCOc1ccccc1. The smallest absolute Gasteiger partial charge is 0.214 e. The van der Waals surface area contributed by atoms with E-state index in [0.717, 1.165) is 17.5 Å². The number of hydrogen-bond donors (Lipinski definition) is 1. The number of rotatable bonds is 5. The first-order chi connectivity index (χ1) is 6.83. The van der Waals surface area contributed by atoms with E-state index in [-0.39, 0.29) is 5.12 Å². The topological polar surface area (TPSA) is 46.5 Å². The molecule has 0 bridgehead atoms. The van der Waals surface area contributed by atoms with E-state index in [1.54, 1.807) is 0 Å². The lowest BCUT2D eigenvalue weighted by molar-refractivity contribution is -0.113. The molecule has 1 N–H and O–H groups in total. The van der Waals surface area contributed by atoms with Gasteiger partial charge in [0.25, 0.3) is 0 Å². The van der Waals surface area contributed by atoms with E-state index in [1.165, 1.54) is 0 Å². The molecule has 1 aromatic carbocycles. The van der Waals surface area contributed by atoms with E-state index < -0.39 is 6.61 Å². The summed E-state index contributed by atoms with van der Waals surface area (Å²) in [6, 6.07) is 9.41. The molecule has 0 fully saturated rings. The summed E-state index contributed by atoms with van der Waals surface area (Å²) in [4.78, 5) is 10.7. The van der Waals surface area contributed by atoms with Crippen LogP contribution < -0.4 is 4.74 Å². The maximum absolute atomic E-state index is 10.7. The van der Waals surface area contributed by atoms with Gasteiger partial charge in [-0.25, -0.2) is 0 Å². The van der Waals surface area contributed by atoms with Crippen molar-refractivity contribution in [1.82, 2.24) is 0 Å². The summed E-state index contributed by atoms with van der Waals surface area (Å²) in [6.45, 7) is 0.0659. The molecule has 0 saturated carbocycles. The average molecular weight is 212 g/mol. The Morgan fingerprint density at radius 1 is 1.36 bits per heavy atom. The monoisotopic (exact) mass is 212 g/mol. The summed E-state index contributed by atoms with van der Waals surface area (Å²) in [7, 11) is 0. The number of hydrogen-bond acceptors (Lipinski definition) is 4. The van der Waals surface area contributed by atoms with Gasteiger partial charge in [-0.2, -0.15) is 0 Å². The molecule has 0 heterocycles. The van der Waals surface area contributed by atoms with Crippen molar-refractivity contribution in [3.05, 3.63) is 30.3 Å². The molecular formula is C10H12O3S. The van der Waals surface area contributed by atoms with Crippen LogP contribution in [0.2, 0.25) is 0 Å². The normalized spacial score (nSPS) is 9.79. The Labute approximate surface area is 87.1 Å². The Morgan fingerprint density at radius 2 is 2.07 bits per heavy atom. The summed E-state index contributed by atoms with van der Waals surface area (Å²) in [6.07, 6.45) is 0. The third-order valence-electron chi connectivity index (χ3n) is 1.49. The van der Waals surface area contributed by atoms with Crippen LogP contribution in [-0.2, 0) is 4.79 Å². The van der Waals surface area contributed by atoms with Gasteiger partial charge in [0.1, 0.15) is 12.4 Å². The van der Waals surface area contributed by atoms with Crippen LogP contribution in [0.4, 0.5) is 0 Å². The van der Waals surface area contributed by atoms with Gasteiger partial charge in [0.2, 0.25) is 5.12 Å². The van der Waals surface area contributed by atoms with Crippen LogP contribution in [0.15, 0.2) is 30.3 Å². The van der Waals surface area contributed by atoms with E-state index in [1.807, 2.05) is 30.3 Å². The first-order valence-electron chi connectivity index (χ1n) is 4.27. The maximum Gasteiger partial charge on any atom is 0.214 e. The lowest BCUT2D eigenvalue weighted by Gasteiger charge is -2.04. The van der Waals surface area contributed by atoms with E-state index in [9.17, 15) is 4.79 Å². The predicted molar refractivity (Wildman–Crippen MR) is 56.5 cm³/mol. The second-order valence-corrected chi connectivity index (χ2v) is 3.69. The van der Waals surface area contributed by atoms with Gasteiger partial charge >= 0.3 is 0 Å². The first kappa shape index (κ1) is 11.1. The first-order valence-corrected chi connectivity index (χ1v) is 5.26. The van der Waals surface area contributed by atoms with Crippen LogP contribution in [0, 0.1) is 0 Å². The Kier molecular flexibility index (Phi) is 5.11. The molecule has 0 unspecified atom stereocenters. The quantitative estimate of drug-likeness (QED) is 0.748. The minimum Gasteiger partial charge on any atom is -0.493 e. The molecule has 1 rings (SSSR count). The second kappa shape index (κ2) is 6.45. The fourth-order valence-corrected chi connectivity index (χ4v) is 1.36. The van der Waals surface area contributed by atoms with Crippen molar-refractivity contribution in [3.63, 3.8) is 0 Å². The van der Waals surface area contributed by atoms with Crippen LogP contribution in [0.25, 0.3) is 0 Å². The van der Waals surface area contributed by atoms with Gasteiger partial charge in [0, 0.05) is 5.75 Å². The van der Waals surface area contributed by atoms with Crippen LogP contribution in [-0.4, -0.2) is 29.2 Å². The fourth-order valence-electron chi connectivity index (χ4n) is 0.877. The molecule has 0 aromatic heterocycles. The van der Waals surface area contributed by atoms with Gasteiger partial charge in [0.15, 0.2) is 0 Å². The molecule has 4 heteroatoms. The molecular weight excluding hydrogens is 200 g/mol. The third-order valence-corrected chi connectivity index (χ3v) is 2.31. The van der Waals surface area contributed by atoms with Gasteiger partial charge in [-0.05, 0) is 12.1 Å². The molecule has 0 aliphatic carbocycles. The molecule has 0 aliphatic rings. The molecule has 3 nitrogen and oxygen atoms in total. The number of aliphatic hydroxyl groups excluding tert-OH is 1. The highest BCUT2D eigenvalue weighted by Gasteiger charge is 1.99. The lowest BCUT2D eigenvalue weighted by Crippen LogP contribution is -2.05. The van der Waals surface area contributed by atoms with Gasteiger partial charge < -0.3 is 9.84 Å². The molecule has 0 radical (unpaired) electrons. The highest BCUT2D eigenvalue weighted by atomic mass is 32.2. The third kappa shape index (κ3) is 4.30. The Bertz CT molecular complexity index is 274. The number of para-hydroxylation sites is 1. The number of aliphatic hydroxyl groups is 1. The van der Waals surface area contributed by atoms with E-state index >= 15 is 0 Å². The Hall–Kier alpha value is -1.00. The zero-order valence-electron chi connectivity index (χ0n) is 7.68. The summed E-state index contributed by atoms with van der Waals surface area (Å²) in [5.74, 6) is 1.36. The van der Waals surface area contributed by atoms with Gasteiger partial charge in [-0.1, -0.05) is 30.0 Å². The van der Waals surface area contributed by atoms with Crippen molar-refractivity contribution in [3.8, 4) is 5.75 Å². The number of carbonyl (C=O) groups excluding carboxylic acids is 1. The molecule has 0 aliphatic heterocycles. The highest BCUT2D eigenvalue weighted by molar-refractivity contribution is 8.13. The highest BCUT2D eigenvalue weighted by Crippen LogP contribution is 2.09. The zero-order valence-corrected chi connectivity index (χ0v) is 8.50. The van der Waals surface area contributed by atoms with Crippen molar-refractivity contribution in [2.24, 2.45) is 0 Å². The van der Waals surface area contributed by atoms with Gasteiger partial charge in [-0.3, -0.25) is 4.79 Å².